The highest BCUT2D eigenvalue weighted by atomic mass is 127. The number of hydrogen-bond donors (Lipinski definition) is 2. The summed E-state index contributed by atoms with van der Waals surface area (Å²) in [6, 6.07) is 9.19. The van der Waals surface area contributed by atoms with Crippen LogP contribution >= 0.6 is 24.0 Å². The van der Waals surface area contributed by atoms with Crippen LogP contribution in [0.1, 0.15) is 61.7 Å². The van der Waals surface area contributed by atoms with Crippen LogP contribution in [0.3, 0.4) is 0 Å². The summed E-state index contributed by atoms with van der Waals surface area (Å²) in [4.78, 5) is 7.50. The normalized spacial score (nSPS) is 15.5. The summed E-state index contributed by atoms with van der Waals surface area (Å²) in [5.41, 5.74) is 6.58. The van der Waals surface area contributed by atoms with Crippen LogP contribution in [0.15, 0.2) is 29.3 Å². The van der Waals surface area contributed by atoms with Crippen molar-refractivity contribution < 1.29 is 0 Å². The Morgan fingerprint density at radius 1 is 1.12 bits per heavy atom. The van der Waals surface area contributed by atoms with Gasteiger partial charge >= 0.3 is 0 Å². The van der Waals surface area contributed by atoms with Crippen molar-refractivity contribution in [1.82, 2.24) is 25.3 Å². The monoisotopic (exact) mass is 552 g/mol. The molecule has 0 amide bonds. The highest BCUT2D eigenvalue weighted by Crippen LogP contribution is 2.18. The van der Waals surface area contributed by atoms with E-state index in [2.05, 4.69) is 72.6 Å². The molecule has 2 heterocycles. The van der Waals surface area contributed by atoms with Crippen LogP contribution in [0.5, 0.6) is 0 Å². The third-order valence-corrected chi connectivity index (χ3v) is 6.35. The highest BCUT2D eigenvalue weighted by molar-refractivity contribution is 14.0. The summed E-state index contributed by atoms with van der Waals surface area (Å²) in [5.74, 6) is 0.924. The molecular weight excluding hydrogens is 511 g/mol. The number of likely N-dealkylation sites (tertiary alicyclic amines) is 1. The first-order valence-corrected chi connectivity index (χ1v) is 11.9. The van der Waals surface area contributed by atoms with Crippen molar-refractivity contribution in [1.29, 1.82) is 0 Å². The van der Waals surface area contributed by atoms with E-state index >= 15 is 0 Å². The van der Waals surface area contributed by atoms with Crippen molar-refractivity contribution in [2.45, 2.75) is 72.5 Å². The molecule has 1 saturated heterocycles. The molecule has 0 aliphatic carbocycles. The van der Waals surface area contributed by atoms with Gasteiger partial charge in [-0.15, -0.1) is 24.0 Å². The van der Waals surface area contributed by atoms with E-state index in [1.54, 1.807) is 0 Å². The molecule has 0 bridgehead atoms. The first-order valence-electron chi connectivity index (χ1n) is 11.9. The molecule has 6 nitrogen and oxygen atoms in total. The van der Waals surface area contributed by atoms with Crippen molar-refractivity contribution in [2.75, 3.05) is 19.6 Å². The Morgan fingerprint density at radius 3 is 2.47 bits per heavy atom. The van der Waals surface area contributed by atoms with Crippen LogP contribution in [0.25, 0.3) is 0 Å². The smallest absolute Gasteiger partial charge is 0.191 e. The Balaban J connectivity index is 0.00000363. The molecule has 0 spiro atoms. The zero-order valence-electron chi connectivity index (χ0n) is 20.4. The van der Waals surface area contributed by atoms with Gasteiger partial charge in [0.1, 0.15) is 0 Å². The minimum absolute atomic E-state index is 0. The van der Waals surface area contributed by atoms with E-state index in [0.29, 0.717) is 12.6 Å². The molecule has 3 rings (SSSR count). The first-order chi connectivity index (χ1) is 15.0. The van der Waals surface area contributed by atoms with Gasteiger partial charge in [-0.2, -0.15) is 5.10 Å². The maximum atomic E-state index is 4.93. The van der Waals surface area contributed by atoms with Crippen molar-refractivity contribution in [3.63, 3.8) is 0 Å². The molecule has 1 aliphatic heterocycles. The standard InChI is InChI=1S/C25H40N6.HI/c1-6-23-22(24(7-2)30(5)29-23)17-27-25(26-8-3)28-21-13-15-31(16-14-21)18-20-12-10-9-11-19(20)4;/h9-12,21H,6-8,13-18H2,1-5H3,(H2,26,27,28);1H. The second-order valence-corrected chi connectivity index (χ2v) is 8.52. The molecule has 2 aromatic rings. The second-order valence-electron chi connectivity index (χ2n) is 8.52. The van der Waals surface area contributed by atoms with Crippen molar-refractivity contribution in [2.24, 2.45) is 12.0 Å². The molecule has 0 atom stereocenters. The van der Waals surface area contributed by atoms with Crippen LogP contribution in [0, 0.1) is 6.92 Å². The van der Waals surface area contributed by atoms with E-state index < -0.39 is 0 Å². The molecule has 0 unspecified atom stereocenters. The molecule has 178 valence electrons. The Labute approximate surface area is 211 Å². The van der Waals surface area contributed by atoms with Gasteiger partial charge in [0, 0.05) is 50.5 Å². The zero-order chi connectivity index (χ0) is 22.2. The lowest BCUT2D eigenvalue weighted by Crippen LogP contribution is -2.48. The van der Waals surface area contributed by atoms with E-state index in [1.807, 2.05) is 11.7 Å². The number of benzene rings is 1. The largest absolute Gasteiger partial charge is 0.357 e. The van der Waals surface area contributed by atoms with Crippen molar-refractivity contribution >= 4 is 29.9 Å². The number of piperidine rings is 1. The summed E-state index contributed by atoms with van der Waals surface area (Å²) < 4.78 is 2.02. The number of halogens is 1. The average Bonchev–Trinajstić information content (AvgIpc) is 3.09. The predicted octanol–water partition coefficient (Wildman–Crippen LogP) is 4.19. The molecule has 1 aliphatic rings. The van der Waals surface area contributed by atoms with Crippen LogP contribution in [-0.2, 0) is 33.0 Å². The first kappa shape index (κ1) is 26.6. The Kier molecular flexibility index (Phi) is 11.0. The van der Waals surface area contributed by atoms with Gasteiger partial charge in [-0.05, 0) is 50.7 Å². The highest BCUT2D eigenvalue weighted by Gasteiger charge is 2.21. The molecule has 32 heavy (non-hydrogen) atoms. The fraction of sp³-hybridized carbons (Fsp3) is 0.600. The molecule has 0 saturated carbocycles. The van der Waals surface area contributed by atoms with Gasteiger partial charge in [0.15, 0.2) is 5.96 Å². The lowest BCUT2D eigenvalue weighted by Gasteiger charge is -2.33. The van der Waals surface area contributed by atoms with Gasteiger partial charge in [0.2, 0.25) is 0 Å². The van der Waals surface area contributed by atoms with Gasteiger partial charge in [-0.3, -0.25) is 9.58 Å². The van der Waals surface area contributed by atoms with Crippen LogP contribution in [0.2, 0.25) is 0 Å². The quantitative estimate of drug-likeness (QED) is 0.293. The van der Waals surface area contributed by atoms with E-state index in [4.69, 9.17) is 4.99 Å². The van der Waals surface area contributed by atoms with Gasteiger partial charge in [-0.1, -0.05) is 38.1 Å². The Bertz CT molecular complexity index is 867. The average molecular weight is 553 g/mol. The van der Waals surface area contributed by atoms with E-state index in [-0.39, 0.29) is 24.0 Å². The number of hydrogen-bond acceptors (Lipinski definition) is 3. The topological polar surface area (TPSA) is 57.5 Å². The van der Waals surface area contributed by atoms with Crippen LogP contribution in [-0.4, -0.2) is 46.3 Å². The van der Waals surface area contributed by atoms with E-state index in [9.17, 15) is 0 Å². The minimum Gasteiger partial charge on any atom is -0.357 e. The third-order valence-electron chi connectivity index (χ3n) is 6.35. The molecule has 1 aromatic carbocycles. The summed E-state index contributed by atoms with van der Waals surface area (Å²) >= 11 is 0. The lowest BCUT2D eigenvalue weighted by molar-refractivity contribution is 0.198. The van der Waals surface area contributed by atoms with Crippen molar-refractivity contribution in [3.05, 3.63) is 52.3 Å². The Hall–Kier alpha value is -1.61. The predicted molar refractivity (Wildman–Crippen MR) is 145 cm³/mol. The van der Waals surface area contributed by atoms with E-state index in [0.717, 1.165) is 57.8 Å². The third kappa shape index (κ3) is 6.94. The number of aliphatic imine (C=N–C) groups is 1. The zero-order valence-corrected chi connectivity index (χ0v) is 22.8. The second kappa shape index (κ2) is 13.2. The van der Waals surface area contributed by atoms with Gasteiger partial charge in [-0.25, -0.2) is 4.99 Å². The summed E-state index contributed by atoms with van der Waals surface area (Å²) in [6.07, 6.45) is 4.22. The SMILES string of the molecule is CCNC(=NCc1c(CC)nn(C)c1CC)NC1CCN(Cc2ccccc2C)CC1.I. The lowest BCUT2D eigenvalue weighted by atomic mass is 10.0. The summed E-state index contributed by atoms with van der Waals surface area (Å²) in [5, 5.41) is 11.8. The summed E-state index contributed by atoms with van der Waals surface area (Å²) in [6.45, 7) is 13.5. The Morgan fingerprint density at radius 2 is 1.84 bits per heavy atom. The maximum Gasteiger partial charge on any atom is 0.191 e. The number of aromatic nitrogens is 2. The summed E-state index contributed by atoms with van der Waals surface area (Å²) in [7, 11) is 2.04. The van der Waals surface area contributed by atoms with Gasteiger partial charge in [0.25, 0.3) is 0 Å². The molecule has 0 radical (unpaired) electrons. The number of nitrogens with one attached hydrogen (secondary N) is 2. The minimum atomic E-state index is 0. The fourth-order valence-electron chi connectivity index (χ4n) is 4.51. The van der Waals surface area contributed by atoms with Crippen LogP contribution < -0.4 is 10.6 Å². The van der Waals surface area contributed by atoms with Gasteiger partial charge in [0.05, 0.1) is 12.2 Å². The molecule has 7 heteroatoms. The number of aryl methyl sites for hydroxylation is 3. The number of nitrogens with zero attached hydrogens (tertiary/aromatic N) is 4. The van der Waals surface area contributed by atoms with Crippen LogP contribution in [0.4, 0.5) is 0 Å². The molecule has 1 aromatic heterocycles. The maximum absolute atomic E-state index is 4.93. The van der Waals surface area contributed by atoms with Gasteiger partial charge < -0.3 is 10.6 Å². The number of rotatable bonds is 8. The van der Waals surface area contributed by atoms with Crippen molar-refractivity contribution in [3.8, 4) is 0 Å². The fourth-order valence-corrected chi connectivity index (χ4v) is 4.51. The molecule has 1 fully saturated rings. The van der Waals surface area contributed by atoms with E-state index in [1.165, 1.54) is 28.1 Å². The molecular formula is C25H41IN6. The number of guanidine groups is 1. The molecule has 2 N–H and O–H groups in total.